The van der Waals surface area contributed by atoms with Crippen LogP contribution in [0.25, 0.3) is 5.69 Å². The Hall–Kier alpha value is -2.34. The predicted octanol–water partition coefficient (Wildman–Crippen LogP) is 1.90. The molecular weight excluding hydrogens is 260 g/mol. The molecule has 0 spiro atoms. The van der Waals surface area contributed by atoms with Gasteiger partial charge in [-0.3, -0.25) is 0 Å². The van der Waals surface area contributed by atoms with Crippen LogP contribution in [0.1, 0.15) is 16.1 Å². The summed E-state index contributed by atoms with van der Waals surface area (Å²) in [6.45, 7) is 2.28. The highest BCUT2D eigenvalue weighted by Crippen LogP contribution is 2.25. The fourth-order valence-electron chi connectivity index (χ4n) is 1.85. The second kappa shape index (κ2) is 6.21. The summed E-state index contributed by atoms with van der Waals surface area (Å²) in [6.07, 6.45) is 0. The molecule has 0 aliphatic rings. The molecule has 2 rings (SSSR count). The van der Waals surface area contributed by atoms with Gasteiger partial charge in [0.1, 0.15) is 12.2 Å². The molecule has 0 radical (unpaired) electrons. The van der Waals surface area contributed by atoms with Crippen LogP contribution in [0, 0.1) is 6.92 Å². The van der Waals surface area contributed by atoms with Gasteiger partial charge in [0, 0.05) is 7.11 Å². The van der Waals surface area contributed by atoms with E-state index in [1.165, 1.54) is 4.68 Å². The minimum Gasteiger partial charge on any atom is -0.477 e. The van der Waals surface area contributed by atoms with Crippen molar-refractivity contribution in [3.05, 3.63) is 41.6 Å². The fraction of sp³-hybridized carbons (Fsp3) is 0.286. The lowest BCUT2D eigenvalue weighted by Gasteiger charge is -2.09. The number of hydrogen-bond donors (Lipinski definition) is 1. The second-order valence-electron chi connectivity index (χ2n) is 4.16. The molecule has 1 N–H and O–H groups in total. The van der Waals surface area contributed by atoms with E-state index in [0.717, 1.165) is 5.69 Å². The fourth-order valence-corrected chi connectivity index (χ4v) is 1.85. The van der Waals surface area contributed by atoms with Crippen LogP contribution in [0.15, 0.2) is 30.3 Å². The van der Waals surface area contributed by atoms with Crippen LogP contribution in [-0.2, 0) is 4.74 Å². The first-order chi connectivity index (χ1) is 9.65. The SMILES string of the molecule is COCCOc1c(C(=O)O)c(C)nn1-c1ccccc1. The van der Waals surface area contributed by atoms with Gasteiger partial charge in [0.15, 0.2) is 0 Å². The third kappa shape index (κ3) is 2.80. The van der Waals surface area contributed by atoms with Crippen LogP contribution in [0.5, 0.6) is 5.88 Å². The number of aryl methyl sites for hydroxylation is 1. The molecule has 0 aliphatic heterocycles. The number of carbonyl (C=O) groups is 1. The molecule has 0 fully saturated rings. The average molecular weight is 276 g/mol. The number of aromatic nitrogens is 2. The van der Waals surface area contributed by atoms with Crippen LogP contribution >= 0.6 is 0 Å². The van der Waals surface area contributed by atoms with Gasteiger partial charge in [-0.25, -0.2) is 9.48 Å². The molecule has 6 heteroatoms. The molecule has 1 heterocycles. The molecule has 0 saturated carbocycles. The van der Waals surface area contributed by atoms with Crippen molar-refractivity contribution in [3.63, 3.8) is 0 Å². The van der Waals surface area contributed by atoms with Crippen molar-refractivity contribution in [1.82, 2.24) is 9.78 Å². The molecule has 0 saturated heterocycles. The van der Waals surface area contributed by atoms with Crippen molar-refractivity contribution in [3.8, 4) is 11.6 Å². The Kier molecular flexibility index (Phi) is 4.37. The Morgan fingerprint density at radius 2 is 2.00 bits per heavy atom. The number of rotatable bonds is 6. The third-order valence-electron chi connectivity index (χ3n) is 2.76. The molecule has 1 aromatic heterocycles. The first-order valence-electron chi connectivity index (χ1n) is 6.15. The number of para-hydroxylation sites is 1. The van der Waals surface area contributed by atoms with Crippen LogP contribution in [-0.4, -0.2) is 41.2 Å². The molecule has 1 aromatic carbocycles. The maximum absolute atomic E-state index is 11.4. The number of hydrogen-bond acceptors (Lipinski definition) is 4. The van der Waals surface area contributed by atoms with Crippen LogP contribution in [0.4, 0.5) is 0 Å². The summed E-state index contributed by atoms with van der Waals surface area (Å²) in [5.74, 6) is -0.838. The number of carboxylic acid groups (broad SMARTS) is 1. The van der Waals surface area contributed by atoms with Crippen LogP contribution < -0.4 is 4.74 Å². The summed E-state index contributed by atoms with van der Waals surface area (Å²) < 4.78 is 11.9. The van der Waals surface area contributed by atoms with Gasteiger partial charge in [0.25, 0.3) is 0 Å². The van der Waals surface area contributed by atoms with Gasteiger partial charge >= 0.3 is 5.97 Å². The third-order valence-corrected chi connectivity index (χ3v) is 2.76. The number of benzene rings is 1. The van der Waals surface area contributed by atoms with E-state index in [4.69, 9.17) is 9.47 Å². The Balaban J connectivity index is 2.45. The maximum atomic E-state index is 11.4. The molecule has 0 atom stereocenters. The normalized spacial score (nSPS) is 10.5. The highest BCUT2D eigenvalue weighted by molar-refractivity contribution is 5.91. The minimum atomic E-state index is -1.06. The monoisotopic (exact) mass is 276 g/mol. The Bertz CT molecular complexity index is 593. The summed E-state index contributed by atoms with van der Waals surface area (Å²) in [4.78, 5) is 11.4. The van der Waals surface area contributed by atoms with Crippen LogP contribution in [0.2, 0.25) is 0 Å². The molecule has 20 heavy (non-hydrogen) atoms. The average Bonchev–Trinajstić information content (AvgIpc) is 2.77. The van der Waals surface area contributed by atoms with Crippen molar-refractivity contribution in [2.45, 2.75) is 6.92 Å². The van der Waals surface area contributed by atoms with Crippen molar-refractivity contribution < 1.29 is 19.4 Å². The van der Waals surface area contributed by atoms with E-state index in [9.17, 15) is 9.90 Å². The first kappa shape index (κ1) is 14.1. The van der Waals surface area contributed by atoms with E-state index < -0.39 is 5.97 Å². The largest absolute Gasteiger partial charge is 0.477 e. The number of aromatic carboxylic acids is 1. The quantitative estimate of drug-likeness (QED) is 0.816. The van der Waals surface area contributed by atoms with Crippen molar-refractivity contribution in [1.29, 1.82) is 0 Å². The lowest BCUT2D eigenvalue weighted by atomic mass is 10.2. The molecular formula is C14H16N2O4. The van der Waals surface area contributed by atoms with Gasteiger partial charge in [0.05, 0.1) is 18.0 Å². The highest BCUT2D eigenvalue weighted by Gasteiger charge is 2.23. The van der Waals surface area contributed by atoms with Gasteiger partial charge in [-0.05, 0) is 19.1 Å². The van der Waals surface area contributed by atoms with E-state index >= 15 is 0 Å². The summed E-state index contributed by atoms with van der Waals surface area (Å²) in [5, 5.41) is 13.5. The van der Waals surface area contributed by atoms with E-state index in [-0.39, 0.29) is 18.1 Å². The van der Waals surface area contributed by atoms with E-state index in [1.54, 1.807) is 14.0 Å². The molecule has 2 aromatic rings. The molecule has 0 amide bonds. The lowest BCUT2D eigenvalue weighted by Crippen LogP contribution is -2.11. The number of carboxylic acids is 1. The zero-order valence-corrected chi connectivity index (χ0v) is 11.4. The highest BCUT2D eigenvalue weighted by atomic mass is 16.5. The number of methoxy groups -OCH3 is 1. The first-order valence-corrected chi connectivity index (χ1v) is 6.15. The number of ether oxygens (including phenoxy) is 2. The van der Waals surface area contributed by atoms with Gasteiger partial charge in [-0.1, -0.05) is 18.2 Å². The Morgan fingerprint density at radius 3 is 2.60 bits per heavy atom. The maximum Gasteiger partial charge on any atom is 0.343 e. The minimum absolute atomic E-state index is 0.0740. The topological polar surface area (TPSA) is 73.6 Å². The number of nitrogens with zero attached hydrogens (tertiary/aromatic N) is 2. The zero-order chi connectivity index (χ0) is 14.5. The van der Waals surface area contributed by atoms with Gasteiger partial charge in [0.2, 0.25) is 5.88 Å². The Labute approximate surface area is 116 Å². The summed E-state index contributed by atoms with van der Waals surface area (Å²) in [5.41, 5.74) is 1.23. The van der Waals surface area contributed by atoms with E-state index in [1.807, 2.05) is 30.3 Å². The molecule has 0 aliphatic carbocycles. The molecule has 0 unspecified atom stereocenters. The second-order valence-corrected chi connectivity index (χ2v) is 4.16. The van der Waals surface area contributed by atoms with E-state index in [2.05, 4.69) is 5.10 Å². The van der Waals surface area contributed by atoms with Gasteiger partial charge in [-0.2, -0.15) is 5.10 Å². The van der Waals surface area contributed by atoms with Crippen molar-refractivity contribution in [2.24, 2.45) is 0 Å². The van der Waals surface area contributed by atoms with Gasteiger partial charge in [-0.15, -0.1) is 0 Å². The molecule has 106 valence electrons. The summed E-state index contributed by atoms with van der Waals surface area (Å²) in [6, 6.07) is 9.25. The summed E-state index contributed by atoms with van der Waals surface area (Å²) >= 11 is 0. The zero-order valence-electron chi connectivity index (χ0n) is 11.4. The molecule has 0 bridgehead atoms. The summed E-state index contributed by atoms with van der Waals surface area (Å²) in [7, 11) is 1.56. The van der Waals surface area contributed by atoms with Gasteiger partial charge < -0.3 is 14.6 Å². The van der Waals surface area contributed by atoms with Crippen molar-refractivity contribution in [2.75, 3.05) is 20.3 Å². The lowest BCUT2D eigenvalue weighted by molar-refractivity contribution is 0.0688. The molecule has 6 nitrogen and oxygen atoms in total. The smallest absolute Gasteiger partial charge is 0.343 e. The predicted molar refractivity (Wildman–Crippen MR) is 72.6 cm³/mol. The Morgan fingerprint density at radius 1 is 1.30 bits per heavy atom. The standard InChI is InChI=1S/C14H16N2O4/c1-10-12(14(17)18)13(20-9-8-19-2)16(15-10)11-6-4-3-5-7-11/h3-7H,8-9H2,1-2H3,(H,17,18). The van der Waals surface area contributed by atoms with E-state index in [0.29, 0.717) is 12.3 Å². The van der Waals surface area contributed by atoms with Crippen molar-refractivity contribution >= 4 is 5.97 Å². The van der Waals surface area contributed by atoms with Crippen LogP contribution in [0.3, 0.4) is 0 Å².